The number of fused-ring (bicyclic) bond motifs is 1. The molecule has 1 amide bonds. The topological polar surface area (TPSA) is 79.8 Å². The highest BCUT2D eigenvalue weighted by Gasteiger charge is 2.19. The van der Waals surface area contributed by atoms with Crippen molar-refractivity contribution in [3.63, 3.8) is 0 Å². The number of piperazine rings is 1. The second-order valence-corrected chi connectivity index (χ2v) is 7.49. The average molecular weight is 417 g/mol. The third kappa shape index (κ3) is 4.37. The highest BCUT2D eigenvalue weighted by atomic mass is 16.7. The van der Waals surface area contributed by atoms with Gasteiger partial charge in [-0.15, -0.1) is 0 Å². The Kier molecular flexibility index (Phi) is 5.26. The van der Waals surface area contributed by atoms with Crippen LogP contribution in [0.2, 0.25) is 0 Å². The molecule has 0 bridgehead atoms. The van der Waals surface area contributed by atoms with E-state index in [1.165, 1.54) is 5.69 Å². The van der Waals surface area contributed by atoms with E-state index in [1.54, 1.807) is 12.4 Å². The monoisotopic (exact) mass is 417 g/mol. The van der Waals surface area contributed by atoms with Gasteiger partial charge < -0.3 is 24.6 Å². The standard InChI is InChI=1S/C23H23N5O3/c29-22(13-17-6-7-20-21(12-17)31-16-30-20)26-18-14-24-23(25-15-18)28-10-8-27(9-11-28)19-4-2-1-3-5-19/h1-7,12,14-15H,8-11,13,16H2,(H,26,29). The van der Waals surface area contributed by atoms with Gasteiger partial charge >= 0.3 is 0 Å². The molecule has 31 heavy (non-hydrogen) atoms. The van der Waals surface area contributed by atoms with E-state index in [0.717, 1.165) is 31.7 Å². The molecule has 0 atom stereocenters. The third-order valence-electron chi connectivity index (χ3n) is 5.41. The lowest BCUT2D eigenvalue weighted by molar-refractivity contribution is -0.115. The maximum atomic E-state index is 12.4. The van der Waals surface area contributed by atoms with Crippen molar-refractivity contribution in [2.24, 2.45) is 0 Å². The molecule has 1 N–H and O–H groups in total. The SMILES string of the molecule is O=C(Cc1ccc2c(c1)OCO2)Nc1cnc(N2CCN(c3ccccc3)CC2)nc1. The van der Waals surface area contributed by atoms with Gasteiger partial charge in [0.2, 0.25) is 18.6 Å². The molecule has 0 unspecified atom stereocenters. The summed E-state index contributed by atoms with van der Waals surface area (Å²) in [6.07, 6.45) is 3.55. The van der Waals surface area contributed by atoms with Crippen LogP contribution in [-0.2, 0) is 11.2 Å². The van der Waals surface area contributed by atoms with Crippen LogP contribution in [0.3, 0.4) is 0 Å². The van der Waals surface area contributed by atoms with Gasteiger partial charge in [-0.3, -0.25) is 4.79 Å². The zero-order valence-electron chi connectivity index (χ0n) is 17.0. The Morgan fingerprint density at radius 3 is 2.39 bits per heavy atom. The molecule has 0 saturated carbocycles. The van der Waals surface area contributed by atoms with Crippen LogP contribution in [0, 0.1) is 0 Å². The minimum Gasteiger partial charge on any atom is -0.454 e. The Hall–Kier alpha value is -3.81. The summed E-state index contributed by atoms with van der Waals surface area (Å²) < 4.78 is 10.7. The molecule has 5 rings (SSSR count). The Labute approximate surface area is 180 Å². The highest BCUT2D eigenvalue weighted by molar-refractivity contribution is 5.92. The minimum atomic E-state index is -0.133. The number of aromatic nitrogens is 2. The Balaban J connectivity index is 1.15. The number of nitrogens with one attached hydrogen (secondary N) is 1. The van der Waals surface area contributed by atoms with Gasteiger partial charge in [0.1, 0.15) is 0 Å². The van der Waals surface area contributed by atoms with Crippen molar-refractivity contribution in [2.45, 2.75) is 6.42 Å². The number of ether oxygens (including phenoxy) is 2. The first-order valence-corrected chi connectivity index (χ1v) is 10.3. The second kappa shape index (κ2) is 8.51. The van der Waals surface area contributed by atoms with E-state index in [1.807, 2.05) is 24.3 Å². The molecule has 3 aromatic rings. The van der Waals surface area contributed by atoms with Crippen molar-refractivity contribution in [3.8, 4) is 11.5 Å². The van der Waals surface area contributed by atoms with Gasteiger partial charge in [-0.1, -0.05) is 24.3 Å². The van der Waals surface area contributed by atoms with Gasteiger partial charge in [0.05, 0.1) is 24.5 Å². The lowest BCUT2D eigenvalue weighted by Gasteiger charge is -2.36. The summed E-state index contributed by atoms with van der Waals surface area (Å²) in [6.45, 7) is 3.76. The van der Waals surface area contributed by atoms with E-state index in [9.17, 15) is 4.79 Å². The second-order valence-electron chi connectivity index (χ2n) is 7.49. The Bertz CT molecular complexity index is 1050. The molecule has 0 radical (unpaired) electrons. The summed E-state index contributed by atoms with van der Waals surface area (Å²) >= 11 is 0. The maximum Gasteiger partial charge on any atom is 0.231 e. The van der Waals surface area contributed by atoms with Crippen molar-refractivity contribution >= 4 is 23.2 Å². The molecule has 8 heteroatoms. The molecule has 8 nitrogen and oxygen atoms in total. The van der Waals surface area contributed by atoms with Gasteiger partial charge in [0.25, 0.3) is 0 Å². The van der Waals surface area contributed by atoms with Crippen LogP contribution in [0.15, 0.2) is 60.9 Å². The lowest BCUT2D eigenvalue weighted by Crippen LogP contribution is -2.47. The number of benzene rings is 2. The van der Waals surface area contributed by atoms with E-state index >= 15 is 0 Å². The molecular formula is C23H23N5O3. The fraction of sp³-hybridized carbons (Fsp3) is 0.261. The molecule has 2 aliphatic heterocycles. The van der Waals surface area contributed by atoms with E-state index < -0.39 is 0 Å². The van der Waals surface area contributed by atoms with Gasteiger partial charge in [-0.25, -0.2) is 9.97 Å². The smallest absolute Gasteiger partial charge is 0.231 e. The van der Waals surface area contributed by atoms with Crippen LogP contribution >= 0.6 is 0 Å². The predicted molar refractivity (Wildman–Crippen MR) is 118 cm³/mol. The first-order valence-electron chi connectivity index (χ1n) is 10.3. The fourth-order valence-corrected chi connectivity index (χ4v) is 3.79. The maximum absolute atomic E-state index is 12.4. The van der Waals surface area contributed by atoms with Crippen molar-refractivity contribution in [2.75, 3.05) is 48.1 Å². The first-order chi connectivity index (χ1) is 15.2. The number of para-hydroxylation sites is 1. The Morgan fingerprint density at radius 2 is 1.61 bits per heavy atom. The van der Waals surface area contributed by atoms with Gasteiger partial charge in [-0.2, -0.15) is 0 Å². The van der Waals surface area contributed by atoms with Crippen LogP contribution in [-0.4, -0.2) is 48.8 Å². The fourth-order valence-electron chi connectivity index (χ4n) is 3.79. The number of carbonyl (C=O) groups is 1. The van der Waals surface area contributed by atoms with Gasteiger partial charge in [0, 0.05) is 31.9 Å². The third-order valence-corrected chi connectivity index (χ3v) is 5.41. The first kappa shape index (κ1) is 19.2. The zero-order chi connectivity index (χ0) is 21.0. The number of hydrogen-bond acceptors (Lipinski definition) is 7. The van der Waals surface area contributed by atoms with Crippen LogP contribution in [0.1, 0.15) is 5.56 Å². The van der Waals surface area contributed by atoms with Gasteiger partial charge in [-0.05, 0) is 29.8 Å². The highest BCUT2D eigenvalue weighted by Crippen LogP contribution is 2.32. The molecule has 0 aliphatic carbocycles. The zero-order valence-corrected chi connectivity index (χ0v) is 17.0. The van der Waals surface area contributed by atoms with Crippen molar-refractivity contribution in [1.82, 2.24) is 9.97 Å². The summed E-state index contributed by atoms with van der Waals surface area (Å²) in [6, 6.07) is 15.9. The number of anilines is 3. The molecule has 2 aromatic carbocycles. The van der Waals surface area contributed by atoms with Crippen LogP contribution in [0.5, 0.6) is 11.5 Å². The van der Waals surface area contributed by atoms with Crippen LogP contribution in [0.25, 0.3) is 0 Å². The molecule has 158 valence electrons. The lowest BCUT2D eigenvalue weighted by atomic mass is 10.1. The number of carbonyl (C=O) groups excluding carboxylic acids is 1. The molecule has 3 heterocycles. The molecule has 0 spiro atoms. The largest absolute Gasteiger partial charge is 0.454 e. The van der Waals surface area contributed by atoms with Crippen LogP contribution in [0.4, 0.5) is 17.3 Å². The number of amides is 1. The number of nitrogens with zero attached hydrogens (tertiary/aromatic N) is 4. The van der Waals surface area contributed by atoms with E-state index in [-0.39, 0.29) is 19.1 Å². The Morgan fingerprint density at radius 1 is 0.903 bits per heavy atom. The summed E-state index contributed by atoms with van der Waals surface area (Å²) in [5, 5.41) is 2.85. The van der Waals surface area contributed by atoms with Crippen molar-refractivity contribution in [3.05, 3.63) is 66.5 Å². The average Bonchev–Trinajstić information content (AvgIpc) is 3.28. The quantitative estimate of drug-likeness (QED) is 0.684. The van der Waals surface area contributed by atoms with E-state index in [4.69, 9.17) is 9.47 Å². The predicted octanol–water partition coefficient (Wildman–Crippen LogP) is 2.71. The van der Waals surface area contributed by atoms with E-state index in [0.29, 0.717) is 23.1 Å². The summed E-state index contributed by atoms with van der Waals surface area (Å²) in [5.41, 5.74) is 2.68. The molecule has 1 fully saturated rings. The van der Waals surface area contributed by atoms with Crippen LogP contribution < -0.4 is 24.6 Å². The number of rotatable bonds is 5. The summed E-state index contributed by atoms with van der Waals surface area (Å²) in [7, 11) is 0. The normalized spacial score (nSPS) is 15.1. The van der Waals surface area contributed by atoms with Gasteiger partial charge in [0.15, 0.2) is 11.5 Å². The summed E-state index contributed by atoms with van der Waals surface area (Å²) in [4.78, 5) is 25.8. The summed E-state index contributed by atoms with van der Waals surface area (Å²) in [5.74, 6) is 1.93. The number of hydrogen-bond donors (Lipinski definition) is 1. The molecular weight excluding hydrogens is 394 g/mol. The molecule has 2 aliphatic rings. The minimum absolute atomic E-state index is 0.133. The van der Waals surface area contributed by atoms with Crippen molar-refractivity contribution < 1.29 is 14.3 Å². The van der Waals surface area contributed by atoms with Crippen molar-refractivity contribution in [1.29, 1.82) is 0 Å². The molecule has 1 saturated heterocycles. The van der Waals surface area contributed by atoms with E-state index in [2.05, 4.69) is 49.4 Å². The molecule has 1 aromatic heterocycles.